The number of aromatic nitrogens is 1. The molecule has 0 spiro atoms. The van der Waals surface area contributed by atoms with E-state index in [4.69, 9.17) is 25.7 Å². The molecular weight excluding hydrogens is 1950 g/mol. The molecule has 1 nitrogen and oxygen atoms in total. The molecule has 0 atom stereocenters. The van der Waals surface area contributed by atoms with Gasteiger partial charge in [0.1, 0.15) is 49.4 Å². The maximum absolute atomic E-state index is 7.19. The first-order chi connectivity index (χ1) is 44.4. The van der Waals surface area contributed by atoms with Crippen molar-refractivity contribution in [1.29, 1.82) is 0 Å². The van der Waals surface area contributed by atoms with Crippen molar-refractivity contribution < 1.29 is 89.5 Å². The molecule has 94 heavy (non-hydrogen) atoms. The van der Waals surface area contributed by atoms with Gasteiger partial charge in [0.25, 0.3) is 0 Å². The van der Waals surface area contributed by atoms with Crippen molar-refractivity contribution in [3.8, 4) is 34.8 Å². The van der Waals surface area contributed by atoms with Gasteiger partial charge < -0.3 is 30.3 Å². The van der Waals surface area contributed by atoms with Gasteiger partial charge in [-0.2, -0.15) is 0 Å². The minimum atomic E-state index is -0.847. The molecular formula is C85H67Au4NP4+4. The maximum atomic E-state index is 7.19. The molecule has 0 fully saturated rings. The molecule has 13 aromatic rings. The Kier molecular flexibility index (Phi) is 30.4. The van der Waals surface area contributed by atoms with Crippen LogP contribution in [0.5, 0.6) is 0 Å². The first-order valence-electron chi connectivity index (χ1n) is 30.3. The second kappa shape index (κ2) is 38.2. The number of fused-ring (bicyclic) bond motifs is 6. The Hall–Kier alpha value is -6.64. The van der Waals surface area contributed by atoms with E-state index in [2.05, 4.69) is 271 Å². The van der Waals surface area contributed by atoms with E-state index in [-0.39, 0.29) is 89.5 Å². The Morgan fingerprint density at radius 1 is 0.287 bits per heavy atom. The number of hydrogen-bond acceptors (Lipinski definition) is 0. The molecule has 0 radical (unpaired) electrons. The first kappa shape index (κ1) is 74.8. The van der Waals surface area contributed by atoms with Crippen LogP contribution >= 0.6 is 31.7 Å². The minimum absolute atomic E-state index is 0. The minimum Gasteiger partial charge on any atom is -0.366 e. The fraction of sp³-hybridized carbons (Fsp3) is 0.0588. The van der Waals surface area contributed by atoms with Gasteiger partial charge in [-0.1, -0.05) is 181 Å². The van der Waals surface area contributed by atoms with Crippen LogP contribution in [0.15, 0.2) is 315 Å². The number of nitrogens with zero attached hydrogens (tertiary/aromatic N) is 1. The van der Waals surface area contributed by atoms with E-state index >= 15 is 0 Å². The standard InChI is InChI=1S/C26H24P2.C25H22P2.C17H9N.C17H8.4Au/c1-5-13-23(14-6-1)27(24-15-7-2-8-16-24)21-22-28(25-17-9-3-10-18-25)26-19-11-4-12-20-26;1-5-13-22(14-6-1)26(23-15-7-2-8-16-23)21-27(24-17-9-3-10-18-24)25-19-11-4-12-20-25;1-4-12-6-8-14-15-9-7-13(5-2)11-17(15)18(3)16(14)10-12;1-3-12-5-7-16-14(9-12)11-15-10-13(4-2)6-8-17(15)16;;;;/h1-20H,21-22H2;1-20H,21H2;6-11H,3H3;5-10H,11H2;;;;/q;;2*-2;4*+1/p+4. The topological polar surface area (TPSA) is 4.93 Å². The van der Waals surface area contributed by atoms with Crippen LogP contribution in [-0.2, 0) is 103 Å². The molecule has 0 amide bonds. The van der Waals surface area contributed by atoms with Gasteiger partial charge in [0.2, 0.25) is 0 Å². The Morgan fingerprint density at radius 3 is 0.755 bits per heavy atom. The van der Waals surface area contributed by atoms with Gasteiger partial charge in [0, 0.05) is 28.9 Å². The number of benzene rings is 12. The van der Waals surface area contributed by atoms with Crippen molar-refractivity contribution in [1.82, 2.24) is 4.57 Å². The molecule has 1 aromatic heterocycles. The van der Waals surface area contributed by atoms with Gasteiger partial charge in [-0.15, -0.1) is 70.8 Å². The summed E-state index contributed by atoms with van der Waals surface area (Å²) in [6.07, 6.45) is 32.1. The predicted molar refractivity (Wildman–Crippen MR) is 397 cm³/mol. The Morgan fingerprint density at radius 2 is 0.511 bits per heavy atom. The first-order valence-corrected chi connectivity index (χ1v) is 37.1. The van der Waals surface area contributed by atoms with Crippen LogP contribution in [0.1, 0.15) is 33.4 Å². The second-order valence-corrected chi connectivity index (χ2v) is 32.8. The van der Waals surface area contributed by atoms with Crippen LogP contribution in [0.4, 0.5) is 0 Å². The number of hydrogen-bond donors (Lipinski definition) is 0. The van der Waals surface area contributed by atoms with Crippen molar-refractivity contribution in [2.24, 2.45) is 7.05 Å². The largest absolute Gasteiger partial charge is 1.00 e. The van der Waals surface area contributed by atoms with E-state index in [0.29, 0.717) is 0 Å². The van der Waals surface area contributed by atoms with Crippen LogP contribution in [-0.4, -0.2) is 22.8 Å². The third-order valence-electron chi connectivity index (χ3n) is 16.4. The zero-order valence-electron chi connectivity index (χ0n) is 51.5. The van der Waals surface area contributed by atoms with Crippen molar-refractivity contribution in [2.75, 3.05) is 18.2 Å². The summed E-state index contributed by atoms with van der Waals surface area (Å²) in [6.45, 7) is 0. The fourth-order valence-corrected chi connectivity index (χ4v) is 25.8. The fourth-order valence-electron chi connectivity index (χ4n) is 11.9. The van der Waals surface area contributed by atoms with Gasteiger partial charge >= 0.3 is 89.5 Å². The summed E-state index contributed by atoms with van der Waals surface area (Å²) in [6, 6.07) is 113. The van der Waals surface area contributed by atoms with E-state index in [1.165, 1.54) is 82.9 Å². The van der Waals surface area contributed by atoms with Crippen molar-refractivity contribution in [3.05, 3.63) is 375 Å². The summed E-state index contributed by atoms with van der Waals surface area (Å²) in [5, 5.41) is 14.4. The van der Waals surface area contributed by atoms with Crippen LogP contribution in [0.25, 0.3) is 32.9 Å². The Balaban J connectivity index is 0.000000178. The van der Waals surface area contributed by atoms with Crippen LogP contribution in [0.2, 0.25) is 0 Å². The molecule has 1 aliphatic rings. The van der Waals surface area contributed by atoms with Crippen LogP contribution in [0, 0.1) is 49.4 Å². The molecule has 14 rings (SSSR count). The van der Waals surface area contributed by atoms with Gasteiger partial charge in [-0.25, -0.2) is 0 Å². The summed E-state index contributed by atoms with van der Waals surface area (Å²) < 4.78 is 2.08. The van der Waals surface area contributed by atoms with E-state index < -0.39 is 31.7 Å². The maximum Gasteiger partial charge on any atom is 1.00 e. The van der Waals surface area contributed by atoms with Crippen molar-refractivity contribution >= 4 is 95.9 Å². The normalized spacial score (nSPS) is 10.5. The summed E-state index contributed by atoms with van der Waals surface area (Å²) in [7, 11) is -1.27. The summed E-state index contributed by atoms with van der Waals surface area (Å²) in [5.41, 5.74) is 10.3. The summed E-state index contributed by atoms with van der Waals surface area (Å²) >= 11 is 0. The summed E-state index contributed by atoms with van der Waals surface area (Å²) in [4.78, 5) is 0. The number of aryl methyl sites for hydroxylation is 1. The Labute approximate surface area is 624 Å². The van der Waals surface area contributed by atoms with E-state index in [1.807, 2.05) is 79.8 Å². The molecule has 0 N–H and O–H groups in total. The van der Waals surface area contributed by atoms with E-state index in [0.717, 1.165) is 50.5 Å². The second-order valence-electron chi connectivity index (χ2n) is 22.0. The van der Waals surface area contributed by atoms with Gasteiger partial charge in [0.05, 0.1) is 37.1 Å². The molecule has 472 valence electrons. The monoisotopic (exact) mass is 2010 g/mol. The quantitative estimate of drug-likeness (QED) is 0.0469. The predicted octanol–water partition coefficient (Wildman–Crippen LogP) is 15.7. The van der Waals surface area contributed by atoms with E-state index in [9.17, 15) is 0 Å². The molecule has 0 aliphatic heterocycles. The third-order valence-corrected chi connectivity index (χ3v) is 29.5. The average Bonchev–Trinajstić information content (AvgIpc) is 1.63. The zero-order valence-corrected chi connectivity index (χ0v) is 64.2. The SMILES string of the molecule is [Au+].[Au+].[Au+].[Au+].[C-]#Cc1ccc2c(c1)Cc1cc(C#[C-])ccc1-2.[C-]#Cc1ccc2c3ccc(C#[C-])cc3n(C)c2c1.c1ccc([PH+](CC[PH+](c2ccccc2)c2ccccc2)c2ccccc2)cc1.c1ccc([PH+](C[PH+](c2ccccc2)c2ccccc2)c2ccccc2)cc1. The van der Waals surface area contributed by atoms with Gasteiger partial charge in [-0.05, 0) is 115 Å². The molecule has 12 aromatic carbocycles. The molecule has 1 aliphatic carbocycles. The molecule has 9 heteroatoms. The smallest absolute Gasteiger partial charge is 0.366 e. The summed E-state index contributed by atoms with van der Waals surface area (Å²) in [5.74, 6) is 10.9. The van der Waals surface area contributed by atoms with Gasteiger partial charge in [0.15, 0.2) is 5.90 Å². The van der Waals surface area contributed by atoms with Crippen LogP contribution < -0.4 is 42.4 Å². The molecule has 0 unspecified atom stereocenters. The molecule has 0 saturated heterocycles. The van der Waals surface area contributed by atoms with Crippen molar-refractivity contribution in [3.63, 3.8) is 0 Å². The third kappa shape index (κ3) is 19.1. The molecule has 0 bridgehead atoms. The average molecular weight is 2010 g/mol. The molecule has 1 heterocycles. The van der Waals surface area contributed by atoms with Gasteiger partial charge in [-0.3, -0.25) is 23.7 Å². The van der Waals surface area contributed by atoms with Crippen molar-refractivity contribution in [2.45, 2.75) is 6.42 Å². The van der Waals surface area contributed by atoms with Crippen LogP contribution in [0.3, 0.4) is 0 Å². The van der Waals surface area contributed by atoms with E-state index in [1.54, 1.807) is 0 Å². The number of rotatable bonds is 13. The molecule has 0 saturated carbocycles. The zero-order chi connectivity index (χ0) is 61.9. The Bertz CT molecular complexity index is 4210.